The first kappa shape index (κ1) is 14.5. The maximum Gasteiger partial charge on any atom is 0.270 e. The molecule has 1 aromatic carbocycles. The fraction of sp³-hybridized carbons (Fsp3) is 0.154. The quantitative estimate of drug-likeness (QED) is 0.693. The second-order valence-corrected chi connectivity index (χ2v) is 5.90. The molecule has 0 atom stereocenters. The summed E-state index contributed by atoms with van der Waals surface area (Å²) in [6.45, 7) is 2.40. The summed E-state index contributed by atoms with van der Waals surface area (Å²) >= 11 is 7.49. The molecule has 5 nitrogen and oxygen atoms in total. The average molecular weight is 311 g/mol. The maximum absolute atomic E-state index is 12.0. The van der Waals surface area contributed by atoms with Crippen molar-refractivity contribution in [2.75, 3.05) is 0 Å². The molecule has 0 bridgehead atoms. The van der Waals surface area contributed by atoms with Crippen molar-refractivity contribution >= 4 is 34.5 Å². The average Bonchev–Trinajstić information content (AvgIpc) is 2.81. The molecule has 2 aromatic rings. The molecule has 0 aliphatic carbocycles. The number of benzene rings is 1. The van der Waals surface area contributed by atoms with E-state index in [0.29, 0.717) is 6.54 Å². The van der Waals surface area contributed by atoms with Gasteiger partial charge in [0.15, 0.2) is 0 Å². The van der Waals surface area contributed by atoms with E-state index in [-0.39, 0.29) is 22.2 Å². The Labute approximate surface area is 124 Å². The van der Waals surface area contributed by atoms with Gasteiger partial charge in [-0.15, -0.1) is 11.3 Å². The van der Waals surface area contributed by atoms with E-state index in [0.717, 1.165) is 4.88 Å². The zero-order valence-corrected chi connectivity index (χ0v) is 12.1. The molecule has 20 heavy (non-hydrogen) atoms. The first-order chi connectivity index (χ1) is 9.47. The fourth-order valence-electron chi connectivity index (χ4n) is 1.64. The minimum absolute atomic E-state index is 0.0686. The third-order valence-electron chi connectivity index (χ3n) is 2.63. The molecule has 0 aliphatic rings. The van der Waals surface area contributed by atoms with Gasteiger partial charge in [-0.2, -0.15) is 0 Å². The van der Waals surface area contributed by atoms with Crippen LogP contribution < -0.4 is 5.32 Å². The Morgan fingerprint density at radius 2 is 2.15 bits per heavy atom. The Hall–Kier alpha value is -1.92. The molecule has 1 N–H and O–H groups in total. The molecule has 2 rings (SSSR count). The predicted octanol–water partition coefficient (Wildman–Crippen LogP) is 3.55. The van der Waals surface area contributed by atoms with Crippen molar-refractivity contribution < 1.29 is 9.72 Å². The minimum Gasteiger partial charge on any atom is -0.347 e. The normalized spacial score (nSPS) is 10.3. The van der Waals surface area contributed by atoms with Crippen LogP contribution in [-0.2, 0) is 6.54 Å². The number of nitrogens with zero attached hydrogens (tertiary/aromatic N) is 1. The van der Waals surface area contributed by atoms with Crippen LogP contribution in [0, 0.1) is 17.0 Å². The van der Waals surface area contributed by atoms with Gasteiger partial charge in [-0.1, -0.05) is 11.6 Å². The van der Waals surface area contributed by atoms with Crippen LogP contribution in [0.15, 0.2) is 30.3 Å². The summed E-state index contributed by atoms with van der Waals surface area (Å²) in [6, 6.07) is 7.71. The highest BCUT2D eigenvalue weighted by atomic mass is 35.5. The topological polar surface area (TPSA) is 72.2 Å². The molecule has 1 amide bonds. The lowest BCUT2D eigenvalue weighted by Crippen LogP contribution is -2.22. The molecule has 0 radical (unpaired) electrons. The number of non-ortho nitro benzene ring substituents is 1. The van der Waals surface area contributed by atoms with Gasteiger partial charge in [-0.05, 0) is 25.1 Å². The summed E-state index contributed by atoms with van der Waals surface area (Å²) in [6.07, 6.45) is 0. The molecular weight excluding hydrogens is 300 g/mol. The number of aryl methyl sites for hydroxylation is 1. The SMILES string of the molecule is Cc1ccc(CNC(=O)c2ccc([N+](=O)[O-])cc2Cl)s1. The van der Waals surface area contributed by atoms with Gasteiger partial charge in [0.2, 0.25) is 0 Å². The lowest BCUT2D eigenvalue weighted by molar-refractivity contribution is -0.384. The van der Waals surface area contributed by atoms with Crippen molar-refractivity contribution in [3.05, 3.63) is 60.8 Å². The van der Waals surface area contributed by atoms with Gasteiger partial charge >= 0.3 is 0 Å². The number of carbonyl (C=O) groups is 1. The highest BCUT2D eigenvalue weighted by molar-refractivity contribution is 7.11. The number of hydrogen-bond acceptors (Lipinski definition) is 4. The summed E-state index contributed by atoms with van der Waals surface area (Å²) in [5.74, 6) is -0.351. The van der Waals surface area contributed by atoms with Gasteiger partial charge < -0.3 is 5.32 Å². The van der Waals surface area contributed by atoms with Crippen LogP contribution in [0.3, 0.4) is 0 Å². The van der Waals surface area contributed by atoms with E-state index in [1.807, 2.05) is 19.1 Å². The van der Waals surface area contributed by atoms with E-state index in [1.54, 1.807) is 11.3 Å². The largest absolute Gasteiger partial charge is 0.347 e. The number of carbonyl (C=O) groups excluding carboxylic acids is 1. The van der Waals surface area contributed by atoms with Crippen molar-refractivity contribution in [1.82, 2.24) is 5.32 Å². The smallest absolute Gasteiger partial charge is 0.270 e. The first-order valence-corrected chi connectivity index (χ1v) is 6.94. The van der Waals surface area contributed by atoms with E-state index in [2.05, 4.69) is 5.32 Å². The van der Waals surface area contributed by atoms with Crippen LogP contribution in [-0.4, -0.2) is 10.8 Å². The van der Waals surface area contributed by atoms with Gasteiger partial charge in [-0.3, -0.25) is 14.9 Å². The molecular formula is C13H11ClN2O3S. The van der Waals surface area contributed by atoms with Crippen LogP contribution in [0.5, 0.6) is 0 Å². The monoisotopic (exact) mass is 310 g/mol. The number of rotatable bonds is 4. The Kier molecular flexibility index (Phi) is 4.36. The molecule has 0 fully saturated rings. The summed E-state index contributed by atoms with van der Waals surface area (Å²) in [5.41, 5.74) is 0.0889. The van der Waals surface area contributed by atoms with Crippen LogP contribution in [0.25, 0.3) is 0 Å². The second-order valence-electron chi connectivity index (χ2n) is 4.12. The molecule has 0 saturated heterocycles. The number of halogens is 1. The van der Waals surface area contributed by atoms with Gasteiger partial charge in [0.05, 0.1) is 22.1 Å². The number of nitro benzene ring substituents is 1. The van der Waals surface area contributed by atoms with E-state index in [1.165, 1.54) is 23.1 Å². The van der Waals surface area contributed by atoms with Gasteiger partial charge in [0.25, 0.3) is 11.6 Å². The number of nitro groups is 1. The zero-order chi connectivity index (χ0) is 14.7. The summed E-state index contributed by atoms with van der Waals surface area (Å²) in [4.78, 5) is 24.2. The molecule has 104 valence electrons. The van der Waals surface area contributed by atoms with Crippen molar-refractivity contribution in [2.45, 2.75) is 13.5 Å². The summed E-state index contributed by atoms with van der Waals surface area (Å²) < 4.78 is 0. The second kappa shape index (κ2) is 6.02. The summed E-state index contributed by atoms with van der Waals surface area (Å²) in [5, 5.41) is 13.4. The molecule has 0 saturated carbocycles. The Bertz CT molecular complexity index is 669. The van der Waals surface area contributed by atoms with Gasteiger partial charge in [-0.25, -0.2) is 0 Å². The summed E-state index contributed by atoms with van der Waals surface area (Å²) in [7, 11) is 0. The van der Waals surface area contributed by atoms with E-state index >= 15 is 0 Å². The van der Waals surface area contributed by atoms with Gasteiger partial charge in [0, 0.05) is 21.9 Å². The predicted molar refractivity (Wildman–Crippen MR) is 78.3 cm³/mol. The maximum atomic E-state index is 12.0. The molecule has 1 heterocycles. The van der Waals surface area contributed by atoms with Crippen molar-refractivity contribution in [1.29, 1.82) is 0 Å². The van der Waals surface area contributed by atoms with Crippen molar-refractivity contribution in [3.63, 3.8) is 0 Å². The Morgan fingerprint density at radius 1 is 1.40 bits per heavy atom. The molecule has 0 unspecified atom stereocenters. The molecule has 0 aliphatic heterocycles. The minimum atomic E-state index is -0.554. The van der Waals surface area contributed by atoms with Gasteiger partial charge in [0.1, 0.15) is 0 Å². The number of thiophene rings is 1. The standard InChI is InChI=1S/C13H11ClN2O3S/c1-8-2-4-10(20-8)7-15-13(17)11-5-3-9(16(18)19)6-12(11)14/h2-6H,7H2,1H3,(H,15,17). The van der Waals surface area contributed by atoms with Crippen molar-refractivity contribution in [3.8, 4) is 0 Å². The molecule has 7 heteroatoms. The van der Waals surface area contributed by atoms with E-state index in [9.17, 15) is 14.9 Å². The number of hydrogen-bond donors (Lipinski definition) is 1. The number of amides is 1. The van der Waals surface area contributed by atoms with Crippen LogP contribution in [0.2, 0.25) is 5.02 Å². The molecule has 0 spiro atoms. The lowest BCUT2D eigenvalue weighted by atomic mass is 10.2. The first-order valence-electron chi connectivity index (χ1n) is 5.75. The van der Waals surface area contributed by atoms with Crippen molar-refractivity contribution in [2.24, 2.45) is 0 Å². The zero-order valence-electron chi connectivity index (χ0n) is 10.6. The van der Waals surface area contributed by atoms with Crippen LogP contribution in [0.4, 0.5) is 5.69 Å². The fourth-order valence-corrected chi connectivity index (χ4v) is 2.74. The highest BCUT2D eigenvalue weighted by Crippen LogP contribution is 2.22. The van der Waals surface area contributed by atoms with E-state index in [4.69, 9.17) is 11.6 Å². The molecule has 1 aromatic heterocycles. The van der Waals surface area contributed by atoms with Crippen LogP contribution in [0.1, 0.15) is 20.1 Å². The van der Waals surface area contributed by atoms with E-state index < -0.39 is 4.92 Å². The Balaban J connectivity index is 2.07. The Morgan fingerprint density at radius 3 is 2.70 bits per heavy atom. The highest BCUT2D eigenvalue weighted by Gasteiger charge is 2.14. The van der Waals surface area contributed by atoms with Crippen LogP contribution >= 0.6 is 22.9 Å². The third kappa shape index (κ3) is 3.34. The third-order valence-corrected chi connectivity index (χ3v) is 3.94. The lowest BCUT2D eigenvalue weighted by Gasteiger charge is -2.05. The number of nitrogens with one attached hydrogen (secondary N) is 1.